The number of nitrogens with zero attached hydrogens (tertiary/aromatic N) is 2. The maximum Gasteiger partial charge on any atom is 0.435 e. The van der Waals surface area contributed by atoms with Crippen molar-refractivity contribution in [3.63, 3.8) is 0 Å². The second-order valence-corrected chi connectivity index (χ2v) is 4.11. The Morgan fingerprint density at radius 1 is 1.38 bits per heavy atom. The summed E-state index contributed by atoms with van der Waals surface area (Å²) in [7, 11) is 1.62. The van der Waals surface area contributed by atoms with Gasteiger partial charge in [0.05, 0.1) is 12.0 Å². The van der Waals surface area contributed by atoms with Gasteiger partial charge in [0.2, 0.25) is 0 Å². The van der Waals surface area contributed by atoms with Gasteiger partial charge in [0.25, 0.3) is 0 Å². The summed E-state index contributed by atoms with van der Waals surface area (Å²) in [6.07, 6.45) is -1.62. The largest absolute Gasteiger partial charge is 0.435 e. The molecule has 2 heterocycles. The molecule has 0 saturated carbocycles. The minimum absolute atomic E-state index is 0.0367. The highest BCUT2D eigenvalue weighted by Gasteiger charge is 2.39. The summed E-state index contributed by atoms with van der Waals surface area (Å²) in [5.41, 5.74) is -0.393. The zero-order valence-corrected chi connectivity index (χ0v) is 9.01. The van der Waals surface area contributed by atoms with E-state index in [9.17, 15) is 13.2 Å². The van der Waals surface area contributed by atoms with Crippen molar-refractivity contribution < 1.29 is 13.2 Å². The van der Waals surface area contributed by atoms with E-state index >= 15 is 0 Å². The molecule has 2 rings (SSSR count). The Balaban J connectivity index is 2.34. The molecule has 16 heavy (non-hydrogen) atoms. The van der Waals surface area contributed by atoms with Crippen LogP contribution in [0.4, 0.5) is 13.2 Å². The van der Waals surface area contributed by atoms with Crippen molar-refractivity contribution in [2.75, 3.05) is 13.1 Å². The quantitative estimate of drug-likeness (QED) is 0.803. The number of hydrogen-bond donors (Lipinski definition) is 1. The summed E-state index contributed by atoms with van der Waals surface area (Å²) in [5.74, 6) is -0.0367. The third-order valence-electron chi connectivity index (χ3n) is 2.98. The molecular formula is C10H14F3N3. The van der Waals surface area contributed by atoms with Crippen LogP contribution in [0.25, 0.3) is 0 Å². The van der Waals surface area contributed by atoms with Gasteiger partial charge in [0, 0.05) is 13.0 Å². The fourth-order valence-electron chi connectivity index (χ4n) is 2.23. The molecule has 0 radical (unpaired) electrons. The van der Waals surface area contributed by atoms with Crippen LogP contribution in [0.5, 0.6) is 0 Å². The van der Waals surface area contributed by atoms with Crippen LogP contribution in [0.15, 0.2) is 6.33 Å². The Kier molecular flexibility index (Phi) is 2.92. The molecule has 0 aromatic carbocycles. The maximum absolute atomic E-state index is 12.7. The molecule has 1 aliphatic heterocycles. The molecule has 3 nitrogen and oxygen atoms in total. The Labute approximate surface area is 91.7 Å². The molecule has 1 aromatic heterocycles. The molecule has 0 bridgehead atoms. The normalized spacial score (nSPS) is 19.0. The topological polar surface area (TPSA) is 29.9 Å². The molecule has 0 aliphatic carbocycles. The average molecular weight is 233 g/mol. The summed E-state index contributed by atoms with van der Waals surface area (Å²) >= 11 is 0. The van der Waals surface area contributed by atoms with E-state index in [0.717, 1.165) is 25.9 Å². The third kappa shape index (κ3) is 2.07. The molecule has 1 aromatic rings. The summed E-state index contributed by atoms with van der Waals surface area (Å²) < 4.78 is 39.7. The minimum atomic E-state index is -4.35. The number of hydrogen-bond acceptors (Lipinski definition) is 2. The molecule has 1 fully saturated rings. The third-order valence-corrected chi connectivity index (χ3v) is 2.98. The van der Waals surface area contributed by atoms with E-state index in [4.69, 9.17) is 0 Å². The number of aromatic nitrogens is 2. The van der Waals surface area contributed by atoms with Crippen LogP contribution >= 0.6 is 0 Å². The van der Waals surface area contributed by atoms with E-state index in [0.29, 0.717) is 5.69 Å². The minimum Gasteiger partial charge on any atom is -0.337 e. The van der Waals surface area contributed by atoms with Gasteiger partial charge in [0.15, 0.2) is 5.69 Å². The predicted octanol–water partition coefficient (Wildman–Crippen LogP) is 1.91. The lowest BCUT2D eigenvalue weighted by Crippen LogP contribution is -2.28. The van der Waals surface area contributed by atoms with Crippen LogP contribution in [-0.4, -0.2) is 22.6 Å². The number of nitrogens with one attached hydrogen (secondary N) is 1. The van der Waals surface area contributed by atoms with E-state index < -0.39 is 11.9 Å². The Bertz CT molecular complexity index is 364. The molecule has 0 amide bonds. The lowest BCUT2D eigenvalue weighted by molar-refractivity contribution is -0.141. The molecule has 6 heteroatoms. The zero-order valence-electron chi connectivity index (χ0n) is 9.01. The lowest BCUT2D eigenvalue weighted by Gasteiger charge is -2.24. The second kappa shape index (κ2) is 4.08. The molecular weight excluding hydrogens is 219 g/mol. The number of rotatable bonds is 1. The van der Waals surface area contributed by atoms with Crippen molar-refractivity contribution in [1.82, 2.24) is 14.9 Å². The van der Waals surface area contributed by atoms with Crippen LogP contribution < -0.4 is 5.32 Å². The average Bonchev–Trinajstić information content (AvgIpc) is 2.61. The fraction of sp³-hybridized carbons (Fsp3) is 0.700. The first-order chi connectivity index (χ1) is 7.50. The van der Waals surface area contributed by atoms with Gasteiger partial charge < -0.3 is 9.88 Å². The van der Waals surface area contributed by atoms with E-state index in [1.165, 1.54) is 10.9 Å². The fourth-order valence-corrected chi connectivity index (χ4v) is 2.23. The van der Waals surface area contributed by atoms with Gasteiger partial charge in [-0.05, 0) is 25.9 Å². The summed E-state index contributed by atoms with van der Waals surface area (Å²) in [4.78, 5) is 3.48. The van der Waals surface area contributed by atoms with Crippen LogP contribution in [-0.2, 0) is 13.2 Å². The van der Waals surface area contributed by atoms with Crippen molar-refractivity contribution in [3.05, 3.63) is 17.7 Å². The monoisotopic (exact) mass is 233 g/mol. The Hall–Kier alpha value is -1.04. The Morgan fingerprint density at radius 3 is 2.56 bits per heavy atom. The smallest absolute Gasteiger partial charge is 0.337 e. The summed E-state index contributed by atoms with van der Waals surface area (Å²) in [6, 6.07) is 0. The highest BCUT2D eigenvalue weighted by atomic mass is 19.4. The molecule has 0 atom stereocenters. The predicted molar refractivity (Wildman–Crippen MR) is 53.1 cm³/mol. The van der Waals surface area contributed by atoms with Gasteiger partial charge in [-0.25, -0.2) is 4.98 Å². The second-order valence-electron chi connectivity index (χ2n) is 4.11. The van der Waals surface area contributed by atoms with Gasteiger partial charge in [-0.1, -0.05) is 0 Å². The van der Waals surface area contributed by atoms with Crippen molar-refractivity contribution in [3.8, 4) is 0 Å². The molecule has 0 unspecified atom stereocenters. The van der Waals surface area contributed by atoms with E-state index in [1.54, 1.807) is 7.05 Å². The first-order valence-electron chi connectivity index (χ1n) is 5.29. The van der Waals surface area contributed by atoms with Gasteiger partial charge in [0.1, 0.15) is 0 Å². The number of imidazole rings is 1. The highest BCUT2D eigenvalue weighted by Crippen LogP contribution is 2.36. The molecule has 0 spiro atoms. The van der Waals surface area contributed by atoms with Crippen LogP contribution in [0, 0.1) is 0 Å². The van der Waals surface area contributed by atoms with Gasteiger partial charge >= 0.3 is 6.18 Å². The maximum atomic E-state index is 12.7. The van der Waals surface area contributed by atoms with E-state index in [2.05, 4.69) is 10.3 Å². The van der Waals surface area contributed by atoms with Crippen LogP contribution in [0.1, 0.15) is 30.1 Å². The molecule has 1 N–H and O–H groups in total. The van der Waals surface area contributed by atoms with Crippen molar-refractivity contribution in [2.24, 2.45) is 7.05 Å². The zero-order chi connectivity index (χ0) is 11.8. The number of halogens is 3. The van der Waals surface area contributed by atoms with E-state index in [1.807, 2.05) is 0 Å². The Morgan fingerprint density at radius 2 is 2.00 bits per heavy atom. The van der Waals surface area contributed by atoms with Crippen LogP contribution in [0.3, 0.4) is 0 Å². The molecule has 90 valence electrons. The molecule has 1 aliphatic rings. The van der Waals surface area contributed by atoms with Gasteiger partial charge in [-0.2, -0.15) is 13.2 Å². The summed E-state index contributed by atoms with van der Waals surface area (Å²) in [5, 5.41) is 3.14. The molecule has 1 saturated heterocycles. The number of aryl methyl sites for hydroxylation is 1. The first-order valence-corrected chi connectivity index (χ1v) is 5.29. The van der Waals surface area contributed by atoms with Gasteiger partial charge in [-0.3, -0.25) is 0 Å². The standard InChI is InChI=1S/C10H14F3N3/c1-16-6-15-9(10(11,12)13)8(16)7-2-4-14-5-3-7/h6-7,14H,2-5H2,1H3. The van der Waals surface area contributed by atoms with Crippen molar-refractivity contribution in [2.45, 2.75) is 24.9 Å². The van der Waals surface area contributed by atoms with Crippen molar-refractivity contribution >= 4 is 0 Å². The first kappa shape index (κ1) is 11.4. The SMILES string of the molecule is Cn1cnc(C(F)(F)F)c1C1CCNCC1. The number of piperidine rings is 1. The van der Waals surface area contributed by atoms with Crippen LogP contribution in [0.2, 0.25) is 0 Å². The highest BCUT2D eigenvalue weighted by molar-refractivity contribution is 5.21. The number of alkyl halides is 3. The van der Waals surface area contributed by atoms with Crippen molar-refractivity contribution in [1.29, 1.82) is 0 Å². The lowest BCUT2D eigenvalue weighted by atomic mass is 9.93. The van der Waals surface area contributed by atoms with Gasteiger partial charge in [-0.15, -0.1) is 0 Å². The van der Waals surface area contributed by atoms with E-state index in [-0.39, 0.29) is 5.92 Å². The summed E-state index contributed by atoms with van der Waals surface area (Å²) in [6.45, 7) is 1.54.